The molecule has 0 spiro atoms. The van der Waals surface area contributed by atoms with Crippen LogP contribution in [0.15, 0.2) is 35.7 Å². The predicted molar refractivity (Wildman–Crippen MR) is 84.5 cm³/mol. The summed E-state index contributed by atoms with van der Waals surface area (Å²) in [5.41, 5.74) is 0.496. The standard InChI is InChI=1S/C16H24F3N3O2/c1-13-9-14(10-20-15(13,2)24-12-16(17,18)19)11-22-6-3-5-21(22)7-4-8-23/h3,5,9-10,20,23H,4,6-8,11-12H2,1-2H3. The Hall–Kier alpha value is -1.51. The van der Waals surface area contributed by atoms with Gasteiger partial charge in [-0.2, -0.15) is 13.2 Å². The Balaban J connectivity index is 1.93. The normalized spacial score (nSPS) is 24.8. The summed E-state index contributed by atoms with van der Waals surface area (Å²) < 4.78 is 42.2. The van der Waals surface area contributed by atoms with Gasteiger partial charge in [-0.25, -0.2) is 5.01 Å². The third-order valence-electron chi connectivity index (χ3n) is 4.08. The summed E-state index contributed by atoms with van der Waals surface area (Å²) in [5.74, 6) is 0. The van der Waals surface area contributed by atoms with Gasteiger partial charge >= 0.3 is 6.18 Å². The lowest BCUT2D eigenvalue weighted by molar-refractivity contribution is -0.199. The van der Waals surface area contributed by atoms with Crippen molar-refractivity contribution in [2.24, 2.45) is 0 Å². The number of hydrogen-bond donors (Lipinski definition) is 2. The number of ether oxygens (including phenoxy) is 1. The molecule has 2 N–H and O–H groups in total. The number of hydrogen-bond acceptors (Lipinski definition) is 5. The molecule has 2 heterocycles. The van der Waals surface area contributed by atoms with Crippen LogP contribution >= 0.6 is 0 Å². The second-order valence-corrected chi connectivity index (χ2v) is 6.10. The maximum absolute atomic E-state index is 12.4. The average molecular weight is 347 g/mol. The van der Waals surface area contributed by atoms with Crippen LogP contribution in [0.4, 0.5) is 13.2 Å². The fraction of sp³-hybridized carbons (Fsp3) is 0.625. The van der Waals surface area contributed by atoms with Gasteiger partial charge in [-0.15, -0.1) is 0 Å². The van der Waals surface area contributed by atoms with Crippen LogP contribution in [0.2, 0.25) is 0 Å². The highest BCUT2D eigenvalue weighted by molar-refractivity contribution is 5.33. The summed E-state index contributed by atoms with van der Waals surface area (Å²) >= 11 is 0. The smallest absolute Gasteiger partial charge is 0.396 e. The zero-order valence-electron chi connectivity index (χ0n) is 13.9. The molecule has 2 aliphatic heterocycles. The fourth-order valence-electron chi connectivity index (χ4n) is 2.58. The highest BCUT2D eigenvalue weighted by Crippen LogP contribution is 2.27. The molecule has 0 amide bonds. The Labute approximate surface area is 140 Å². The molecular formula is C16H24F3N3O2. The van der Waals surface area contributed by atoms with Crippen LogP contribution in [0.25, 0.3) is 0 Å². The molecule has 1 unspecified atom stereocenters. The van der Waals surface area contributed by atoms with Crippen molar-refractivity contribution in [3.8, 4) is 0 Å². The maximum atomic E-state index is 12.4. The SMILES string of the molecule is CC1=CC(CN2CC=CN2CCCO)=CNC1(C)OCC(F)(F)F. The number of hydrazine groups is 1. The van der Waals surface area contributed by atoms with Gasteiger partial charge in [0, 0.05) is 38.6 Å². The fourth-order valence-corrected chi connectivity index (χ4v) is 2.58. The number of dihydropyridines is 1. The molecule has 0 aromatic heterocycles. The van der Waals surface area contributed by atoms with Gasteiger partial charge in [-0.3, -0.25) is 0 Å². The Bertz CT molecular complexity index is 531. The molecule has 0 saturated carbocycles. The van der Waals surface area contributed by atoms with Gasteiger partial charge in [-0.05, 0) is 31.4 Å². The van der Waals surface area contributed by atoms with Crippen molar-refractivity contribution >= 4 is 0 Å². The van der Waals surface area contributed by atoms with E-state index in [-0.39, 0.29) is 6.61 Å². The zero-order valence-corrected chi connectivity index (χ0v) is 13.9. The molecule has 2 rings (SSSR count). The molecule has 24 heavy (non-hydrogen) atoms. The average Bonchev–Trinajstić information content (AvgIpc) is 2.94. The second-order valence-electron chi connectivity index (χ2n) is 6.10. The van der Waals surface area contributed by atoms with Gasteiger partial charge in [0.1, 0.15) is 6.61 Å². The van der Waals surface area contributed by atoms with Crippen molar-refractivity contribution in [2.75, 3.05) is 32.8 Å². The van der Waals surface area contributed by atoms with E-state index in [4.69, 9.17) is 9.84 Å². The van der Waals surface area contributed by atoms with Crippen LogP contribution in [-0.2, 0) is 4.74 Å². The van der Waals surface area contributed by atoms with Crippen molar-refractivity contribution in [3.63, 3.8) is 0 Å². The quantitative estimate of drug-likeness (QED) is 0.739. The minimum atomic E-state index is -4.36. The lowest BCUT2D eigenvalue weighted by Crippen LogP contribution is -2.47. The van der Waals surface area contributed by atoms with E-state index < -0.39 is 18.5 Å². The Morgan fingerprint density at radius 3 is 2.79 bits per heavy atom. The topological polar surface area (TPSA) is 48.0 Å². The van der Waals surface area contributed by atoms with Crippen molar-refractivity contribution in [2.45, 2.75) is 32.2 Å². The van der Waals surface area contributed by atoms with Crippen molar-refractivity contribution < 1.29 is 23.0 Å². The number of nitrogens with zero attached hydrogens (tertiary/aromatic N) is 2. The van der Waals surface area contributed by atoms with Gasteiger partial charge in [-0.1, -0.05) is 12.2 Å². The zero-order chi connectivity index (χ0) is 17.8. The third-order valence-corrected chi connectivity index (χ3v) is 4.08. The highest BCUT2D eigenvalue weighted by atomic mass is 19.4. The van der Waals surface area contributed by atoms with Crippen molar-refractivity contribution in [1.82, 2.24) is 15.3 Å². The molecule has 5 nitrogen and oxygen atoms in total. The van der Waals surface area contributed by atoms with E-state index in [0.29, 0.717) is 18.5 Å². The Morgan fingerprint density at radius 2 is 2.17 bits per heavy atom. The van der Waals surface area contributed by atoms with Crippen LogP contribution in [-0.4, -0.2) is 59.9 Å². The summed E-state index contributed by atoms with van der Waals surface area (Å²) in [6.07, 6.45) is 3.88. The van der Waals surface area contributed by atoms with Crippen molar-refractivity contribution in [1.29, 1.82) is 0 Å². The third kappa shape index (κ3) is 4.99. The molecule has 0 fully saturated rings. The molecule has 8 heteroatoms. The molecule has 0 bridgehead atoms. The first-order valence-corrected chi connectivity index (χ1v) is 7.89. The number of nitrogens with one attached hydrogen (secondary N) is 1. The van der Waals surface area contributed by atoms with Crippen molar-refractivity contribution in [3.05, 3.63) is 35.7 Å². The van der Waals surface area contributed by atoms with E-state index in [9.17, 15) is 13.2 Å². The van der Waals surface area contributed by atoms with Gasteiger partial charge in [0.25, 0.3) is 0 Å². The van der Waals surface area contributed by atoms with Crippen LogP contribution in [0, 0.1) is 0 Å². The first kappa shape index (κ1) is 18.8. The van der Waals surface area contributed by atoms with Crippen LogP contribution in [0.5, 0.6) is 0 Å². The monoisotopic (exact) mass is 347 g/mol. The first-order chi connectivity index (χ1) is 11.2. The van der Waals surface area contributed by atoms with E-state index in [1.54, 1.807) is 20.0 Å². The van der Waals surface area contributed by atoms with Gasteiger partial charge in [0.05, 0.1) is 0 Å². The van der Waals surface area contributed by atoms with Crippen LogP contribution < -0.4 is 5.32 Å². The molecular weight excluding hydrogens is 323 g/mol. The van der Waals surface area contributed by atoms with Gasteiger partial charge in [0.15, 0.2) is 5.72 Å². The number of halogens is 3. The molecule has 1 atom stereocenters. The summed E-state index contributed by atoms with van der Waals surface area (Å²) in [7, 11) is 0. The Morgan fingerprint density at radius 1 is 1.42 bits per heavy atom. The summed E-state index contributed by atoms with van der Waals surface area (Å²) in [6, 6.07) is 0. The van der Waals surface area contributed by atoms with Gasteiger partial charge in [0.2, 0.25) is 0 Å². The van der Waals surface area contributed by atoms with E-state index >= 15 is 0 Å². The maximum Gasteiger partial charge on any atom is 0.411 e. The number of aliphatic hydroxyl groups excluding tert-OH is 1. The van der Waals surface area contributed by atoms with E-state index in [2.05, 4.69) is 10.3 Å². The lowest BCUT2D eigenvalue weighted by Gasteiger charge is -2.36. The molecule has 136 valence electrons. The number of rotatable bonds is 7. The molecule has 0 aromatic carbocycles. The summed E-state index contributed by atoms with van der Waals surface area (Å²) in [4.78, 5) is 0. The summed E-state index contributed by atoms with van der Waals surface area (Å²) in [5, 5.41) is 16.0. The molecule has 0 radical (unpaired) electrons. The van der Waals surface area contributed by atoms with E-state index in [1.807, 2.05) is 23.4 Å². The van der Waals surface area contributed by atoms with Gasteiger partial charge < -0.3 is 20.2 Å². The van der Waals surface area contributed by atoms with Crippen LogP contribution in [0.1, 0.15) is 20.3 Å². The number of alkyl halides is 3. The minimum Gasteiger partial charge on any atom is -0.396 e. The largest absolute Gasteiger partial charge is 0.411 e. The van der Waals surface area contributed by atoms with E-state index in [1.165, 1.54) is 0 Å². The number of aliphatic hydroxyl groups is 1. The molecule has 0 aromatic rings. The summed E-state index contributed by atoms with van der Waals surface area (Å²) in [6.45, 7) is 4.29. The first-order valence-electron chi connectivity index (χ1n) is 7.89. The molecule has 2 aliphatic rings. The Kier molecular flexibility index (Phi) is 5.95. The second kappa shape index (κ2) is 7.58. The van der Waals surface area contributed by atoms with Crippen LogP contribution in [0.3, 0.4) is 0 Å². The predicted octanol–water partition coefficient (Wildman–Crippen LogP) is 2.14. The molecule has 0 aliphatic carbocycles. The molecule has 0 saturated heterocycles. The highest BCUT2D eigenvalue weighted by Gasteiger charge is 2.36. The minimum absolute atomic E-state index is 0.135. The lowest BCUT2D eigenvalue weighted by atomic mass is 10.00. The van der Waals surface area contributed by atoms with E-state index in [0.717, 1.165) is 18.7 Å².